The van der Waals surface area contributed by atoms with Crippen molar-refractivity contribution in [3.63, 3.8) is 0 Å². The van der Waals surface area contributed by atoms with Gasteiger partial charge in [0, 0.05) is 10.2 Å². The molecule has 0 aromatic heterocycles. The number of ether oxygens (including phenoxy) is 1. The molecule has 0 aliphatic rings. The lowest BCUT2D eigenvalue weighted by Gasteiger charge is -2.08. The van der Waals surface area contributed by atoms with Crippen molar-refractivity contribution >= 4 is 27.5 Å². The lowest BCUT2D eigenvalue weighted by molar-refractivity contribution is 0.102. The van der Waals surface area contributed by atoms with E-state index in [2.05, 4.69) is 21.2 Å². The quantitative estimate of drug-likeness (QED) is 0.852. The average Bonchev–Trinajstić information content (AvgIpc) is 2.46. The van der Waals surface area contributed by atoms with Gasteiger partial charge in [0.15, 0.2) is 0 Å². The minimum absolute atomic E-state index is 0.00418. The van der Waals surface area contributed by atoms with E-state index in [0.717, 1.165) is 12.2 Å². The molecule has 5 heteroatoms. The first kappa shape index (κ1) is 15.5. The Bertz CT molecular complexity index is 629. The second-order valence-electron chi connectivity index (χ2n) is 4.45. The van der Waals surface area contributed by atoms with E-state index in [-0.39, 0.29) is 5.56 Å². The Labute approximate surface area is 131 Å². The maximum absolute atomic E-state index is 13.7. The maximum Gasteiger partial charge on any atom is 0.258 e. The third kappa shape index (κ3) is 4.29. The van der Waals surface area contributed by atoms with Gasteiger partial charge in [0.2, 0.25) is 0 Å². The molecular weight excluding hydrogens is 337 g/mol. The van der Waals surface area contributed by atoms with Gasteiger partial charge in [-0.1, -0.05) is 22.9 Å². The monoisotopic (exact) mass is 351 g/mol. The zero-order valence-corrected chi connectivity index (χ0v) is 13.1. The van der Waals surface area contributed by atoms with E-state index >= 15 is 0 Å². The Hall–Kier alpha value is -1.88. The highest BCUT2D eigenvalue weighted by Crippen LogP contribution is 2.19. The Balaban J connectivity index is 2.05. The van der Waals surface area contributed by atoms with E-state index < -0.39 is 11.7 Å². The molecule has 0 bridgehead atoms. The molecule has 2 rings (SSSR count). The third-order valence-electron chi connectivity index (χ3n) is 2.76. The average molecular weight is 352 g/mol. The highest BCUT2D eigenvalue weighted by atomic mass is 79.9. The van der Waals surface area contributed by atoms with Gasteiger partial charge in [-0.15, -0.1) is 0 Å². The van der Waals surface area contributed by atoms with Crippen molar-refractivity contribution in [2.45, 2.75) is 13.3 Å². The molecular formula is C16H15BrFNO2. The van der Waals surface area contributed by atoms with Crippen molar-refractivity contribution in [1.82, 2.24) is 0 Å². The zero-order valence-electron chi connectivity index (χ0n) is 11.5. The summed E-state index contributed by atoms with van der Waals surface area (Å²) in [5.41, 5.74) is 0.593. The van der Waals surface area contributed by atoms with Crippen molar-refractivity contribution in [3.8, 4) is 5.75 Å². The van der Waals surface area contributed by atoms with E-state index in [1.54, 1.807) is 30.3 Å². The molecule has 1 N–H and O–H groups in total. The number of benzene rings is 2. The molecule has 0 heterocycles. The second kappa shape index (κ2) is 7.22. The number of halogens is 2. The van der Waals surface area contributed by atoms with Gasteiger partial charge in [0.05, 0.1) is 12.2 Å². The SMILES string of the molecule is CCCOc1ccc(NC(=O)c2ccc(Br)cc2F)cc1. The van der Waals surface area contributed by atoms with Crippen molar-refractivity contribution in [3.05, 3.63) is 58.3 Å². The van der Waals surface area contributed by atoms with E-state index in [9.17, 15) is 9.18 Å². The van der Waals surface area contributed by atoms with Crippen LogP contribution in [0.15, 0.2) is 46.9 Å². The fraction of sp³-hybridized carbons (Fsp3) is 0.188. The fourth-order valence-electron chi connectivity index (χ4n) is 1.73. The lowest BCUT2D eigenvalue weighted by atomic mass is 10.2. The van der Waals surface area contributed by atoms with Crippen molar-refractivity contribution < 1.29 is 13.9 Å². The number of carbonyl (C=O) groups excluding carboxylic acids is 1. The minimum atomic E-state index is -0.565. The number of hydrogen-bond acceptors (Lipinski definition) is 2. The smallest absolute Gasteiger partial charge is 0.258 e. The van der Waals surface area contributed by atoms with Crippen molar-refractivity contribution in [2.75, 3.05) is 11.9 Å². The van der Waals surface area contributed by atoms with Crippen molar-refractivity contribution in [1.29, 1.82) is 0 Å². The zero-order chi connectivity index (χ0) is 15.2. The predicted molar refractivity (Wildman–Crippen MR) is 84.3 cm³/mol. The van der Waals surface area contributed by atoms with Crippen LogP contribution < -0.4 is 10.1 Å². The summed E-state index contributed by atoms with van der Waals surface area (Å²) >= 11 is 3.16. The summed E-state index contributed by atoms with van der Waals surface area (Å²) in [6.45, 7) is 2.68. The molecule has 0 radical (unpaired) electrons. The Morgan fingerprint density at radius 2 is 1.95 bits per heavy atom. The molecule has 3 nitrogen and oxygen atoms in total. The molecule has 0 fully saturated rings. The molecule has 2 aromatic rings. The highest BCUT2D eigenvalue weighted by molar-refractivity contribution is 9.10. The summed E-state index contributed by atoms with van der Waals surface area (Å²) in [6.07, 6.45) is 0.932. The normalized spacial score (nSPS) is 10.2. The molecule has 0 unspecified atom stereocenters. The summed E-state index contributed by atoms with van der Waals surface area (Å²) in [5, 5.41) is 2.65. The second-order valence-corrected chi connectivity index (χ2v) is 5.37. The van der Waals surface area contributed by atoms with Crippen LogP contribution in [0.5, 0.6) is 5.75 Å². The molecule has 0 saturated carbocycles. The summed E-state index contributed by atoms with van der Waals surface area (Å²) in [7, 11) is 0. The molecule has 1 amide bonds. The van der Waals surface area contributed by atoms with Crippen LogP contribution >= 0.6 is 15.9 Å². The van der Waals surface area contributed by atoms with Crippen LogP contribution in [0.1, 0.15) is 23.7 Å². The van der Waals surface area contributed by atoms with Gasteiger partial charge >= 0.3 is 0 Å². The van der Waals surface area contributed by atoms with Gasteiger partial charge in [-0.2, -0.15) is 0 Å². The first-order valence-corrected chi connectivity index (χ1v) is 7.38. The van der Waals surface area contributed by atoms with Gasteiger partial charge in [-0.05, 0) is 48.9 Å². The number of rotatable bonds is 5. The summed E-state index contributed by atoms with van der Waals surface area (Å²) < 4.78 is 19.7. The first-order valence-electron chi connectivity index (χ1n) is 6.59. The first-order chi connectivity index (χ1) is 10.1. The summed E-state index contributed by atoms with van der Waals surface area (Å²) in [6, 6.07) is 11.3. The molecule has 0 spiro atoms. The number of nitrogens with one attached hydrogen (secondary N) is 1. The lowest BCUT2D eigenvalue weighted by Crippen LogP contribution is -2.13. The number of carbonyl (C=O) groups is 1. The largest absolute Gasteiger partial charge is 0.494 e. The van der Waals surface area contributed by atoms with E-state index in [0.29, 0.717) is 16.8 Å². The highest BCUT2D eigenvalue weighted by Gasteiger charge is 2.12. The Kier molecular flexibility index (Phi) is 5.33. The molecule has 110 valence electrons. The van der Waals surface area contributed by atoms with Gasteiger partial charge < -0.3 is 10.1 Å². The molecule has 0 aliphatic carbocycles. The van der Waals surface area contributed by atoms with E-state index in [1.165, 1.54) is 12.1 Å². The molecule has 0 atom stereocenters. The maximum atomic E-state index is 13.7. The van der Waals surface area contributed by atoms with Crippen molar-refractivity contribution in [2.24, 2.45) is 0 Å². The molecule has 0 aliphatic heterocycles. The predicted octanol–water partition coefficient (Wildman–Crippen LogP) is 4.63. The van der Waals surface area contributed by atoms with Gasteiger partial charge in [0.25, 0.3) is 5.91 Å². The van der Waals surface area contributed by atoms with Crippen LogP contribution in [-0.2, 0) is 0 Å². The van der Waals surface area contributed by atoms with Gasteiger partial charge in [0.1, 0.15) is 11.6 Å². The molecule has 2 aromatic carbocycles. The minimum Gasteiger partial charge on any atom is -0.494 e. The third-order valence-corrected chi connectivity index (χ3v) is 3.25. The van der Waals surface area contributed by atoms with Gasteiger partial charge in [-0.3, -0.25) is 4.79 Å². The number of amides is 1. The standard InChI is InChI=1S/C16H15BrFNO2/c1-2-9-21-13-6-4-12(5-7-13)19-16(20)14-8-3-11(17)10-15(14)18/h3-8,10H,2,9H2,1H3,(H,19,20). The number of anilines is 1. The fourth-order valence-corrected chi connectivity index (χ4v) is 2.06. The van der Waals surface area contributed by atoms with E-state index in [1.807, 2.05) is 6.92 Å². The summed E-state index contributed by atoms with van der Waals surface area (Å²) in [5.74, 6) is -0.309. The van der Waals surface area contributed by atoms with Gasteiger partial charge in [-0.25, -0.2) is 4.39 Å². The number of hydrogen-bond donors (Lipinski definition) is 1. The van der Waals surface area contributed by atoms with Crippen LogP contribution in [0.2, 0.25) is 0 Å². The Morgan fingerprint density at radius 1 is 1.24 bits per heavy atom. The van der Waals surface area contributed by atoms with Crippen LogP contribution in [0.25, 0.3) is 0 Å². The van der Waals surface area contributed by atoms with Crippen LogP contribution in [0, 0.1) is 5.82 Å². The van der Waals surface area contributed by atoms with Crippen LogP contribution in [0.4, 0.5) is 10.1 Å². The molecule has 0 saturated heterocycles. The van der Waals surface area contributed by atoms with Crippen LogP contribution in [0.3, 0.4) is 0 Å². The summed E-state index contributed by atoms with van der Waals surface area (Å²) in [4.78, 5) is 12.0. The van der Waals surface area contributed by atoms with E-state index in [4.69, 9.17) is 4.74 Å². The topological polar surface area (TPSA) is 38.3 Å². The Morgan fingerprint density at radius 3 is 2.57 bits per heavy atom. The molecule has 21 heavy (non-hydrogen) atoms. The van der Waals surface area contributed by atoms with Crippen LogP contribution in [-0.4, -0.2) is 12.5 Å².